The van der Waals surface area contributed by atoms with Crippen LogP contribution in [-0.2, 0) is 4.74 Å². The van der Waals surface area contributed by atoms with Crippen LogP contribution in [0.15, 0.2) is 35.4 Å². The summed E-state index contributed by atoms with van der Waals surface area (Å²) >= 11 is 0. The molecule has 11 heteroatoms. The first kappa shape index (κ1) is 22.3. The van der Waals surface area contributed by atoms with Crippen molar-refractivity contribution in [1.29, 1.82) is 0 Å². The molecule has 3 aromatic rings. The van der Waals surface area contributed by atoms with E-state index in [-0.39, 0.29) is 23.1 Å². The zero-order chi connectivity index (χ0) is 23.8. The van der Waals surface area contributed by atoms with Gasteiger partial charge in [-0.15, -0.1) is 0 Å². The normalized spacial score (nSPS) is 24.4. The Labute approximate surface area is 195 Å². The first-order chi connectivity index (χ1) is 16.5. The van der Waals surface area contributed by atoms with Gasteiger partial charge < -0.3 is 25.3 Å². The third-order valence-corrected chi connectivity index (χ3v) is 6.67. The minimum atomic E-state index is -1.03. The number of fused-ring (bicyclic) bond motifs is 1. The van der Waals surface area contributed by atoms with Crippen molar-refractivity contribution in [2.24, 2.45) is 5.92 Å². The maximum Gasteiger partial charge on any atom is 0.274 e. The van der Waals surface area contributed by atoms with E-state index in [2.05, 4.69) is 33.0 Å². The lowest BCUT2D eigenvalue weighted by Gasteiger charge is -2.30. The third kappa shape index (κ3) is 4.00. The molecular weight excluding hydrogens is 441 g/mol. The van der Waals surface area contributed by atoms with E-state index in [1.807, 2.05) is 6.07 Å². The Bertz CT molecular complexity index is 1270. The predicted molar refractivity (Wildman–Crippen MR) is 126 cm³/mol. The second-order valence-electron chi connectivity index (χ2n) is 8.91. The maximum absolute atomic E-state index is 13.6. The SMILES string of the molecule is CNc1cc(Nc2cccn([C@@H]3CCOC[C@@H]3C)c2=O)nc2c(C(=O)N[C@@H]3CC[C@@H]3F)cnn12. The fourth-order valence-corrected chi connectivity index (χ4v) is 4.52. The molecule has 34 heavy (non-hydrogen) atoms. The number of amides is 1. The molecule has 2 aliphatic rings. The topological polar surface area (TPSA) is 115 Å². The molecule has 3 N–H and O–H groups in total. The van der Waals surface area contributed by atoms with Crippen molar-refractivity contribution in [3.8, 4) is 0 Å². The van der Waals surface area contributed by atoms with E-state index < -0.39 is 18.1 Å². The molecule has 4 atom stereocenters. The molecule has 5 rings (SSSR count). The number of anilines is 3. The lowest BCUT2D eigenvalue weighted by molar-refractivity contribution is 0.0277. The number of carbonyl (C=O) groups is 1. The molecule has 180 valence electrons. The fraction of sp³-hybridized carbons (Fsp3) is 0.478. The predicted octanol–water partition coefficient (Wildman–Crippen LogP) is 2.50. The Kier molecular flexibility index (Phi) is 5.94. The van der Waals surface area contributed by atoms with Crippen LogP contribution in [0.25, 0.3) is 5.65 Å². The van der Waals surface area contributed by atoms with Crippen LogP contribution in [0.1, 0.15) is 42.6 Å². The van der Waals surface area contributed by atoms with Gasteiger partial charge in [-0.25, -0.2) is 9.37 Å². The number of nitrogens with zero attached hydrogens (tertiary/aromatic N) is 4. The van der Waals surface area contributed by atoms with Crippen LogP contribution in [0.5, 0.6) is 0 Å². The van der Waals surface area contributed by atoms with E-state index in [0.717, 1.165) is 6.42 Å². The molecule has 3 aromatic heterocycles. The van der Waals surface area contributed by atoms with Crippen molar-refractivity contribution in [2.75, 3.05) is 30.9 Å². The minimum Gasteiger partial charge on any atom is -0.381 e. The highest BCUT2D eigenvalue weighted by atomic mass is 19.1. The molecular formula is C23H28FN7O3. The van der Waals surface area contributed by atoms with Gasteiger partial charge in [0.05, 0.1) is 18.8 Å². The van der Waals surface area contributed by atoms with E-state index >= 15 is 0 Å². The van der Waals surface area contributed by atoms with Gasteiger partial charge in [0.1, 0.15) is 29.1 Å². The number of hydrogen-bond acceptors (Lipinski definition) is 7. The average Bonchev–Trinajstić information content (AvgIpc) is 3.27. The fourth-order valence-electron chi connectivity index (χ4n) is 4.52. The quantitative estimate of drug-likeness (QED) is 0.508. The number of aromatic nitrogens is 4. The van der Waals surface area contributed by atoms with Crippen LogP contribution in [0.3, 0.4) is 0 Å². The van der Waals surface area contributed by atoms with Crippen LogP contribution in [0, 0.1) is 5.92 Å². The van der Waals surface area contributed by atoms with Crippen molar-refractivity contribution in [2.45, 2.75) is 44.4 Å². The highest BCUT2D eigenvalue weighted by Gasteiger charge is 2.33. The van der Waals surface area contributed by atoms with Gasteiger partial charge in [0, 0.05) is 37.9 Å². The third-order valence-electron chi connectivity index (χ3n) is 6.67. The van der Waals surface area contributed by atoms with Gasteiger partial charge in [0.25, 0.3) is 11.5 Å². The van der Waals surface area contributed by atoms with E-state index in [4.69, 9.17) is 4.74 Å². The summed E-state index contributed by atoms with van der Waals surface area (Å²) in [6, 6.07) is 4.81. The summed E-state index contributed by atoms with van der Waals surface area (Å²) in [6.45, 7) is 3.32. The molecule has 1 saturated heterocycles. The van der Waals surface area contributed by atoms with Gasteiger partial charge in [0.15, 0.2) is 5.65 Å². The summed E-state index contributed by atoms with van der Waals surface area (Å²) in [6.07, 6.45) is 4.03. The molecule has 2 fully saturated rings. The molecule has 0 aromatic carbocycles. The summed E-state index contributed by atoms with van der Waals surface area (Å²) in [5, 5.41) is 13.1. The number of ether oxygens (including phenoxy) is 1. The number of nitrogens with one attached hydrogen (secondary N) is 3. The minimum absolute atomic E-state index is 0.0577. The first-order valence-corrected chi connectivity index (χ1v) is 11.5. The van der Waals surface area contributed by atoms with Crippen LogP contribution >= 0.6 is 0 Å². The van der Waals surface area contributed by atoms with Gasteiger partial charge in [-0.05, 0) is 31.4 Å². The van der Waals surface area contributed by atoms with E-state index in [9.17, 15) is 14.0 Å². The molecule has 10 nitrogen and oxygen atoms in total. The van der Waals surface area contributed by atoms with Crippen molar-refractivity contribution in [3.05, 3.63) is 46.5 Å². The Morgan fingerprint density at radius 3 is 2.85 bits per heavy atom. The lowest BCUT2D eigenvalue weighted by atomic mass is 9.90. The highest BCUT2D eigenvalue weighted by molar-refractivity contribution is 6.00. The summed E-state index contributed by atoms with van der Waals surface area (Å²) in [5.74, 6) is 0.755. The van der Waals surface area contributed by atoms with Gasteiger partial charge in [-0.3, -0.25) is 9.59 Å². The van der Waals surface area contributed by atoms with Crippen LogP contribution in [-0.4, -0.2) is 57.5 Å². The molecule has 4 heterocycles. The molecule has 0 radical (unpaired) electrons. The second-order valence-corrected chi connectivity index (χ2v) is 8.91. The molecule has 1 amide bonds. The summed E-state index contributed by atoms with van der Waals surface area (Å²) in [7, 11) is 1.73. The van der Waals surface area contributed by atoms with Crippen molar-refractivity contribution >= 4 is 28.9 Å². The summed E-state index contributed by atoms with van der Waals surface area (Å²) < 4.78 is 22.4. The van der Waals surface area contributed by atoms with Crippen molar-refractivity contribution in [3.63, 3.8) is 0 Å². The Morgan fingerprint density at radius 2 is 2.15 bits per heavy atom. The lowest BCUT2D eigenvalue weighted by Crippen LogP contribution is -2.48. The largest absolute Gasteiger partial charge is 0.381 e. The van der Waals surface area contributed by atoms with Crippen molar-refractivity contribution < 1.29 is 13.9 Å². The second kappa shape index (κ2) is 9.05. The van der Waals surface area contributed by atoms with Crippen LogP contribution < -0.4 is 21.5 Å². The van der Waals surface area contributed by atoms with Gasteiger partial charge in [-0.2, -0.15) is 9.61 Å². The molecule has 0 unspecified atom stereocenters. The van der Waals surface area contributed by atoms with Crippen LogP contribution in [0.2, 0.25) is 0 Å². The first-order valence-electron chi connectivity index (χ1n) is 11.5. The monoisotopic (exact) mass is 469 g/mol. The zero-order valence-corrected chi connectivity index (χ0v) is 19.1. The number of halogens is 1. The average molecular weight is 470 g/mol. The number of pyridine rings is 1. The maximum atomic E-state index is 13.6. The molecule has 1 aliphatic heterocycles. The van der Waals surface area contributed by atoms with Gasteiger partial charge in [0.2, 0.25) is 0 Å². The Balaban J connectivity index is 1.47. The molecule has 1 saturated carbocycles. The standard InChI is InChI=1S/C23H28FN7O3/c1-13-12-34-9-7-18(13)30-8-3-4-17(23(30)33)27-19-10-20(25-2)31-21(29-19)14(11-26-31)22(32)28-16-6-5-15(16)24/h3-4,8,10-11,13,15-16,18,25H,5-7,9,12H2,1-2H3,(H,27,29)(H,28,32)/t13-,15-,16+,18+/m0/s1. The Morgan fingerprint density at radius 1 is 1.29 bits per heavy atom. The smallest absolute Gasteiger partial charge is 0.274 e. The number of hydrogen-bond donors (Lipinski definition) is 3. The highest BCUT2D eigenvalue weighted by Crippen LogP contribution is 2.27. The van der Waals surface area contributed by atoms with E-state index in [1.165, 1.54) is 10.7 Å². The van der Waals surface area contributed by atoms with E-state index in [1.54, 1.807) is 29.9 Å². The zero-order valence-electron chi connectivity index (χ0n) is 19.1. The number of alkyl halides is 1. The van der Waals surface area contributed by atoms with Crippen LogP contribution in [0.4, 0.5) is 21.7 Å². The molecule has 0 bridgehead atoms. The number of carbonyl (C=O) groups excluding carboxylic acids is 1. The van der Waals surface area contributed by atoms with Gasteiger partial charge >= 0.3 is 0 Å². The molecule has 0 spiro atoms. The summed E-state index contributed by atoms with van der Waals surface area (Å²) in [4.78, 5) is 30.6. The van der Waals surface area contributed by atoms with Gasteiger partial charge in [-0.1, -0.05) is 6.92 Å². The van der Waals surface area contributed by atoms with E-state index in [0.29, 0.717) is 49.0 Å². The number of rotatable bonds is 6. The summed E-state index contributed by atoms with van der Waals surface area (Å²) in [5.41, 5.74) is 0.761. The van der Waals surface area contributed by atoms with Crippen molar-refractivity contribution in [1.82, 2.24) is 24.5 Å². The Hall–Kier alpha value is -3.47. The molecule has 1 aliphatic carbocycles.